The molecule has 7 heteroatoms. The lowest BCUT2D eigenvalue weighted by atomic mass is 9.95. The Hall–Kier alpha value is -3.00. The van der Waals surface area contributed by atoms with E-state index in [2.05, 4.69) is 39.6 Å². The van der Waals surface area contributed by atoms with Crippen LogP contribution in [0.25, 0.3) is 10.6 Å². The zero-order valence-electron chi connectivity index (χ0n) is 17.9. The number of carbonyl (C=O) groups is 1. The molecule has 4 rings (SSSR count). The highest BCUT2D eigenvalue weighted by Gasteiger charge is 2.26. The second kappa shape index (κ2) is 10.1. The zero-order chi connectivity index (χ0) is 22.5. The second-order valence-corrected chi connectivity index (χ2v) is 8.82. The molecule has 0 radical (unpaired) electrons. The van der Waals surface area contributed by atoms with Gasteiger partial charge in [0, 0.05) is 43.7 Å². The fraction of sp³-hybridized carbons (Fsp3) is 0.280. The van der Waals surface area contributed by atoms with Gasteiger partial charge in [0.2, 0.25) is 0 Å². The molecule has 1 saturated heterocycles. The number of phenols is 1. The van der Waals surface area contributed by atoms with Crippen LogP contribution in [0.4, 0.5) is 0 Å². The Bertz CT molecular complexity index is 1070. The van der Waals surface area contributed by atoms with Crippen molar-refractivity contribution in [1.29, 1.82) is 0 Å². The number of nitrogens with zero attached hydrogens (tertiary/aromatic N) is 3. The van der Waals surface area contributed by atoms with Crippen LogP contribution in [0.3, 0.4) is 0 Å². The van der Waals surface area contributed by atoms with E-state index in [1.54, 1.807) is 11.4 Å². The van der Waals surface area contributed by atoms with Crippen molar-refractivity contribution in [3.05, 3.63) is 83.4 Å². The van der Waals surface area contributed by atoms with Gasteiger partial charge in [-0.2, -0.15) is 0 Å². The van der Waals surface area contributed by atoms with Crippen molar-refractivity contribution in [3.63, 3.8) is 0 Å². The lowest BCUT2D eigenvalue weighted by Crippen LogP contribution is -2.47. The topological polar surface area (TPSA) is 76.9 Å². The molecule has 1 aliphatic rings. The summed E-state index contributed by atoms with van der Waals surface area (Å²) in [6.45, 7) is 8.56. The normalized spacial score (nSPS) is 16.0. The van der Waals surface area contributed by atoms with E-state index >= 15 is 0 Å². The number of carboxylic acids is 1. The maximum absolute atomic E-state index is 10.9. The van der Waals surface area contributed by atoms with Crippen molar-refractivity contribution in [2.75, 3.05) is 32.7 Å². The zero-order valence-corrected chi connectivity index (χ0v) is 18.7. The molecule has 6 nitrogen and oxygen atoms in total. The van der Waals surface area contributed by atoms with E-state index in [1.807, 2.05) is 30.3 Å². The minimum Gasteiger partial charge on any atom is -0.508 e. The fourth-order valence-electron chi connectivity index (χ4n) is 4.18. The fourth-order valence-corrected chi connectivity index (χ4v) is 5.01. The number of benzene rings is 2. The van der Waals surface area contributed by atoms with Crippen molar-refractivity contribution >= 4 is 17.3 Å². The smallest absolute Gasteiger partial charge is 0.309 e. The van der Waals surface area contributed by atoms with E-state index in [9.17, 15) is 9.90 Å². The number of aromatic hydroxyl groups is 1. The summed E-state index contributed by atoms with van der Waals surface area (Å²) in [6, 6.07) is 15.8. The van der Waals surface area contributed by atoms with Crippen LogP contribution in [0.15, 0.2) is 66.6 Å². The van der Waals surface area contributed by atoms with Crippen molar-refractivity contribution in [3.8, 4) is 16.3 Å². The number of piperazine rings is 1. The average Bonchev–Trinajstić information content (AvgIpc) is 3.24. The molecule has 1 atom stereocenters. The first-order valence-corrected chi connectivity index (χ1v) is 11.5. The highest BCUT2D eigenvalue weighted by Crippen LogP contribution is 2.33. The van der Waals surface area contributed by atoms with Crippen LogP contribution >= 0.6 is 11.3 Å². The van der Waals surface area contributed by atoms with Crippen LogP contribution in [0.2, 0.25) is 0 Å². The SMILES string of the molecule is C=CCN1CCN(C(c2ccc(-c3nc(CC(=O)O)cs3)cc2)c2cccc(O)c2)CC1. The Morgan fingerprint density at radius 1 is 1.12 bits per heavy atom. The minimum absolute atomic E-state index is 0.0425. The largest absolute Gasteiger partial charge is 0.508 e. The first kappa shape index (κ1) is 22.2. The maximum Gasteiger partial charge on any atom is 0.309 e. The molecule has 0 aliphatic carbocycles. The maximum atomic E-state index is 10.9. The quantitative estimate of drug-likeness (QED) is 0.506. The lowest BCUT2D eigenvalue weighted by molar-refractivity contribution is -0.136. The third kappa shape index (κ3) is 5.24. The van der Waals surface area contributed by atoms with Crippen LogP contribution < -0.4 is 0 Å². The van der Waals surface area contributed by atoms with Gasteiger partial charge in [0.1, 0.15) is 10.8 Å². The summed E-state index contributed by atoms with van der Waals surface area (Å²) in [4.78, 5) is 20.2. The molecule has 32 heavy (non-hydrogen) atoms. The Labute approximate surface area is 192 Å². The van der Waals surface area contributed by atoms with Gasteiger partial charge < -0.3 is 10.2 Å². The molecule has 1 aromatic heterocycles. The molecular formula is C25H27N3O3S. The predicted octanol–water partition coefficient (Wildman–Crippen LogP) is 4.04. The van der Waals surface area contributed by atoms with Gasteiger partial charge in [-0.25, -0.2) is 4.98 Å². The Morgan fingerprint density at radius 3 is 2.53 bits per heavy atom. The number of phenolic OH excluding ortho intramolecular Hbond substituents is 1. The molecule has 3 aromatic rings. The third-order valence-electron chi connectivity index (χ3n) is 5.70. The minimum atomic E-state index is -0.876. The number of aliphatic carboxylic acids is 1. The number of rotatable bonds is 8. The van der Waals surface area contributed by atoms with E-state index in [1.165, 1.54) is 11.3 Å². The molecular weight excluding hydrogens is 422 g/mol. The number of hydrogen-bond acceptors (Lipinski definition) is 6. The van der Waals surface area contributed by atoms with Crippen molar-refractivity contribution < 1.29 is 15.0 Å². The van der Waals surface area contributed by atoms with Crippen molar-refractivity contribution in [2.24, 2.45) is 0 Å². The summed E-state index contributed by atoms with van der Waals surface area (Å²) < 4.78 is 0. The van der Waals surface area contributed by atoms with E-state index in [0.29, 0.717) is 5.69 Å². The molecule has 2 N–H and O–H groups in total. The summed E-state index contributed by atoms with van der Waals surface area (Å²) in [5.74, 6) is -0.609. The van der Waals surface area contributed by atoms with Gasteiger partial charge in [-0.3, -0.25) is 14.6 Å². The van der Waals surface area contributed by atoms with Crippen LogP contribution in [-0.4, -0.2) is 63.7 Å². The molecule has 1 unspecified atom stereocenters. The van der Waals surface area contributed by atoms with Crippen molar-refractivity contribution in [1.82, 2.24) is 14.8 Å². The first-order chi connectivity index (χ1) is 15.5. The van der Waals surface area contributed by atoms with Crippen molar-refractivity contribution in [2.45, 2.75) is 12.5 Å². The summed E-state index contributed by atoms with van der Waals surface area (Å²) in [5, 5.41) is 21.7. The lowest BCUT2D eigenvalue weighted by Gasteiger charge is -2.39. The van der Waals surface area contributed by atoms with E-state index < -0.39 is 5.97 Å². The van der Waals surface area contributed by atoms with Crippen LogP contribution in [0, 0.1) is 0 Å². The van der Waals surface area contributed by atoms with E-state index in [0.717, 1.165) is 54.4 Å². The molecule has 0 saturated carbocycles. The monoisotopic (exact) mass is 449 g/mol. The molecule has 1 fully saturated rings. The summed E-state index contributed by atoms with van der Waals surface area (Å²) in [6.07, 6.45) is 1.88. The first-order valence-electron chi connectivity index (χ1n) is 10.7. The summed E-state index contributed by atoms with van der Waals surface area (Å²) in [5.41, 5.74) is 3.77. The third-order valence-corrected chi connectivity index (χ3v) is 6.64. The predicted molar refractivity (Wildman–Crippen MR) is 127 cm³/mol. The molecule has 0 amide bonds. The molecule has 2 heterocycles. The van der Waals surface area contributed by atoms with E-state index in [-0.39, 0.29) is 18.2 Å². The second-order valence-electron chi connectivity index (χ2n) is 7.96. The van der Waals surface area contributed by atoms with Gasteiger partial charge in [-0.15, -0.1) is 17.9 Å². The molecule has 1 aliphatic heterocycles. The van der Waals surface area contributed by atoms with Gasteiger partial charge in [0.15, 0.2) is 0 Å². The Balaban J connectivity index is 1.59. The van der Waals surface area contributed by atoms with Crippen LogP contribution in [0.1, 0.15) is 22.9 Å². The Morgan fingerprint density at radius 2 is 1.88 bits per heavy atom. The van der Waals surface area contributed by atoms with Crippen LogP contribution in [0.5, 0.6) is 5.75 Å². The Kier molecular flexibility index (Phi) is 6.99. The van der Waals surface area contributed by atoms with Gasteiger partial charge in [-0.1, -0.05) is 42.5 Å². The van der Waals surface area contributed by atoms with Gasteiger partial charge in [0.25, 0.3) is 0 Å². The van der Waals surface area contributed by atoms with Gasteiger partial charge >= 0.3 is 5.97 Å². The standard InChI is InChI=1S/C25H27N3O3S/c1-2-10-27-11-13-28(14-12-27)24(20-4-3-5-22(29)15-20)18-6-8-19(9-7-18)25-26-21(17-32-25)16-23(30)31/h2-9,15,17,24,29H,1,10-14,16H2,(H,30,31). The number of carboxylic acid groups (broad SMARTS) is 1. The number of thiazole rings is 1. The molecule has 2 aromatic carbocycles. The highest BCUT2D eigenvalue weighted by atomic mass is 32.1. The average molecular weight is 450 g/mol. The molecule has 0 bridgehead atoms. The number of aromatic nitrogens is 1. The summed E-state index contributed by atoms with van der Waals surface area (Å²) >= 11 is 1.46. The highest BCUT2D eigenvalue weighted by molar-refractivity contribution is 7.13. The van der Waals surface area contributed by atoms with E-state index in [4.69, 9.17) is 5.11 Å². The number of hydrogen-bond donors (Lipinski definition) is 2. The van der Waals surface area contributed by atoms with Crippen LogP contribution in [-0.2, 0) is 11.2 Å². The van der Waals surface area contributed by atoms with Gasteiger partial charge in [-0.05, 0) is 23.3 Å². The summed E-state index contributed by atoms with van der Waals surface area (Å²) in [7, 11) is 0. The molecule has 166 valence electrons. The van der Waals surface area contributed by atoms with Gasteiger partial charge in [0.05, 0.1) is 18.2 Å². The molecule has 0 spiro atoms.